The minimum Gasteiger partial charge on any atom is -0.478 e. The highest BCUT2D eigenvalue weighted by atomic mass is 35.5. The summed E-state index contributed by atoms with van der Waals surface area (Å²) < 4.78 is 10.3. The third-order valence-corrected chi connectivity index (χ3v) is 6.39. The van der Waals surface area contributed by atoms with Gasteiger partial charge in [0.05, 0.1) is 28.2 Å². The summed E-state index contributed by atoms with van der Waals surface area (Å²) in [4.78, 5) is 61.8. The number of carboxylic acid groups (broad SMARTS) is 1. The van der Waals surface area contributed by atoms with Crippen molar-refractivity contribution in [3.63, 3.8) is 0 Å². The standard InChI is InChI=1S/C25H17ClN2O8S/c1-35-24(33)17-10-13(6-8-18(17)26)27-21(29)12-28-22(30)20(37-25(28)34)11-14-7-9-19(36-14)15-4-2-3-5-16(15)23(31)32/h2-11H,12H2,1H3,(H,27,29)(H,31,32)/b20-11-. The Morgan fingerprint density at radius 1 is 1.11 bits per heavy atom. The lowest BCUT2D eigenvalue weighted by Gasteiger charge is -2.13. The van der Waals surface area contributed by atoms with Crippen LogP contribution in [0.3, 0.4) is 0 Å². The van der Waals surface area contributed by atoms with Crippen LogP contribution >= 0.6 is 23.4 Å². The Balaban J connectivity index is 1.47. The summed E-state index contributed by atoms with van der Waals surface area (Å²) in [5.74, 6) is -2.68. The lowest BCUT2D eigenvalue weighted by atomic mass is 10.1. The van der Waals surface area contributed by atoms with Gasteiger partial charge in [-0.1, -0.05) is 29.8 Å². The molecule has 0 atom stereocenters. The number of amides is 3. The van der Waals surface area contributed by atoms with Gasteiger partial charge in [-0.3, -0.25) is 19.3 Å². The Morgan fingerprint density at radius 2 is 1.86 bits per heavy atom. The van der Waals surface area contributed by atoms with Crippen LogP contribution in [0, 0.1) is 0 Å². The van der Waals surface area contributed by atoms with E-state index in [1.807, 2.05) is 0 Å². The summed E-state index contributed by atoms with van der Waals surface area (Å²) in [5.41, 5.74) is 0.674. The maximum atomic E-state index is 12.8. The number of carboxylic acids is 1. The topological polar surface area (TPSA) is 143 Å². The van der Waals surface area contributed by atoms with Crippen molar-refractivity contribution in [2.45, 2.75) is 0 Å². The molecular weight excluding hydrogens is 524 g/mol. The average Bonchev–Trinajstić information content (AvgIpc) is 3.44. The molecular formula is C25H17ClN2O8S. The minimum absolute atomic E-state index is 0.0321. The van der Waals surface area contributed by atoms with Crippen LogP contribution in [0.25, 0.3) is 17.4 Å². The first kappa shape index (κ1) is 25.7. The summed E-state index contributed by atoms with van der Waals surface area (Å²) in [6, 6.07) is 13.6. The van der Waals surface area contributed by atoms with Gasteiger partial charge >= 0.3 is 11.9 Å². The number of halogens is 1. The summed E-state index contributed by atoms with van der Waals surface area (Å²) in [6.45, 7) is -0.562. The fourth-order valence-electron chi connectivity index (χ4n) is 3.44. The summed E-state index contributed by atoms with van der Waals surface area (Å²) >= 11 is 6.60. The molecule has 1 aliphatic heterocycles. The van der Waals surface area contributed by atoms with Crippen LogP contribution < -0.4 is 5.32 Å². The third-order valence-electron chi connectivity index (χ3n) is 5.15. The number of hydrogen-bond donors (Lipinski definition) is 2. The van der Waals surface area contributed by atoms with E-state index in [0.29, 0.717) is 17.3 Å². The second-order valence-corrected chi connectivity index (χ2v) is 8.96. The maximum Gasteiger partial charge on any atom is 0.339 e. The average molecular weight is 541 g/mol. The molecule has 2 heterocycles. The summed E-state index contributed by atoms with van der Waals surface area (Å²) in [7, 11) is 1.19. The molecule has 188 valence electrons. The molecule has 1 aliphatic rings. The Kier molecular flexibility index (Phi) is 7.46. The molecule has 0 saturated carbocycles. The largest absolute Gasteiger partial charge is 0.478 e. The Morgan fingerprint density at radius 3 is 2.59 bits per heavy atom. The number of nitrogens with zero attached hydrogens (tertiary/aromatic N) is 1. The predicted molar refractivity (Wildman–Crippen MR) is 135 cm³/mol. The number of anilines is 1. The van der Waals surface area contributed by atoms with Crippen molar-refractivity contribution >= 4 is 64.1 Å². The van der Waals surface area contributed by atoms with Crippen molar-refractivity contribution in [1.82, 2.24) is 4.90 Å². The van der Waals surface area contributed by atoms with E-state index in [-0.39, 0.29) is 38.3 Å². The maximum absolute atomic E-state index is 12.8. The van der Waals surface area contributed by atoms with Gasteiger partial charge in [-0.05, 0) is 48.2 Å². The zero-order valence-electron chi connectivity index (χ0n) is 19.0. The first-order valence-corrected chi connectivity index (χ1v) is 11.7. The van der Waals surface area contributed by atoms with Crippen LogP contribution in [0.15, 0.2) is 63.9 Å². The number of hydrogen-bond acceptors (Lipinski definition) is 8. The number of rotatable bonds is 7. The zero-order valence-corrected chi connectivity index (χ0v) is 20.6. The van der Waals surface area contributed by atoms with Gasteiger partial charge in [-0.2, -0.15) is 0 Å². The van der Waals surface area contributed by atoms with Crippen molar-refractivity contribution in [2.75, 3.05) is 19.0 Å². The van der Waals surface area contributed by atoms with Gasteiger partial charge < -0.3 is 19.6 Å². The van der Waals surface area contributed by atoms with E-state index in [1.54, 1.807) is 24.3 Å². The number of carbonyl (C=O) groups excluding carboxylic acids is 4. The van der Waals surface area contributed by atoms with E-state index in [0.717, 1.165) is 4.90 Å². The van der Waals surface area contributed by atoms with Gasteiger partial charge in [0.2, 0.25) is 5.91 Å². The molecule has 37 heavy (non-hydrogen) atoms. The highest BCUT2D eigenvalue weighted by Crippen LogP contribution is 2.34. The molecule has 2 N–H and O–H groups in total. The molecule has 3 aromatic rings. The number of nitrogens with one attached hydrogen (secondary N) is 1. The number of imide groups is 1. The number of benzene rings is 2. The van der Waals surface area contributed by atoms with Crippen LogP contribution in [0.1, 0.15) is 26.5 Å². The number of furan rings is 1. The fraction of sp³-hybridized carbons (Fsp3) is 0.0800. The van der Waals surface area contributed by atoms with Crippen LogP contribution in [0.2, 0.25) is 5.02 Å². The number of ether oxygens (including phenoxy) is 1. The number of methoxy groups -OCH3 is 1. The normalized spacial score (nSPS) is 14.2. The molecule has 10 nitrogen and oxygen atoms in total. The molecule has 1 aromatic heterocycles. The highest BCUT2D eigenvalue weighted by Gasteiger charge is 2.36. The summed E-state index contributed by atoms with van der Waals surface area (Å²) in [5, 5.41) is 11.4. The van der Waals surface area contributed by atoms with Gasteiger partial charge in [0.25, 0.3) is 11.1 Å². The van der Waals surface area contributed by atoms with Gasteiger partial charge in [0.15, 0.2) is 0 Å². The van der Waals surface area contributed by atoms with Crippen LogP contribution in [0.4, 0.5) is 10.5 Å². The fourth-order valence-corrected chi connectivity index (χ4v) is 4.45. The number of thioether (sulfide) groups is 1. The van der Waals surface area contributed by atoms with E-state index in [1.165, 1.54) is 43.5 Å². The van der Waals surface area contributed by atoms with Crippen molar-refractivity contribution < 1.29 is 38.2 Å². The lowest BCUT2D eigenvalue weighted by molar-refractivity contribution is -0.127. The molecule has 4 rings (SSSR count). The summed E-state index contributed by atoms with van der Waals surface area (Å²) in [6.07, 6.45) is 1.34. The van der Waals surface area contributed by atoms with Crippen molar-refractivity contribution in [3.05, 3.63) is 81.4 Å². The molecule has 0 bridgehead atoms. The number of aromatic carboxylic acids is 1. The van der Waals surface area contributed by atoms with Gasteiger partial charge in [-0.25, -0.2) is 9.59 Å². The Hall–Kier alpha value is -4.35. The smallest absolute Gasteiger partial charge is 0.339 e. The molecule has 0 spiro atoms. The van der Waals surface area contributed by atoms with Gasteiger partial charge in [0.1, 0.15) is 18.1 Å². The lowest BCUT2D eigenvalue weighted by Crippen LogP contribution is -2.36. The minimum atomic E-state index is -1.12. The van der Waals surface area contributed by atoms with Crippen LogP contribution in [-0.4, -0.2) is 52.7 Å². The van der Waals surface area contributed by atoms with E-state index in [4.69, 9.17) is 16.0 Å². The molecule has 12 heteroatoms. The second kappa shape index (κ2) is 10.7. The predicted octanol–water partition coefficient (Wildman–Crippen LogP) is 4.76. The molecule has 1 saturated heterocycles. The molecule has 1 fully saturated rings. The Bertz CT molecular complexity index is 1480. The number of carbonyl (C=O) groups is 5. The SMILES string of the molecule is COC(=O)c1cc(NC(=O)CN2C(=O)S/C(=C\c3ccc(-c4ccccc4C(=O)O)o3)C2=O)ccc1Cl. The molecule has 3 amide bonds. The molecule has 0 unspecified atom stereocenters. The second-order valence-electron chi connectivity index (χ2n) is 7.55. The van der Waals surface area contributed by atoms with E-state index >= 15 is 0 Å². The van der Waals surface area contributed by atoms with Crippen LogP contribution in [0.5, 0.6) is 0 Å². The van der Waals surface area contributed by atoms with E-state index in [9.17, 15) is 29.1 Å². The Labute approximate surface area is 218 Å². The first-order valence-electron chi connectivity index (χ1n) is 10.5. The third kappa shape index (κ3) is 5.57. The quantitative estimate of drug-likeness (QED) is 0.320. The van der Waals surface area contributed by atoms with Gasteiger partial charge in [-0.15, -0.1) is 0 Å². The van der Waals surface area contributed by atoms with Crippen molar-refractivity contribution in [1.29, 1.82) is 0 Å². The molecule has 2 aromatic carbocycles. The first-order chi connectivity index (χ1) is 17.7. The van der Waals surface area contributed by atoms with Crippen molar-refractivity contribution in [3.8, 4) is 11.3 Å². The van der Waals surface area contributed by atoms with Crippen LogP contribution in [-0.2, 0) is 14.3 Å². The molecule has 0 radical (unpaired) electrons. The van der Waals surface area contributed by atoms with E-state index < -0.39 is 35.5 Å². The molecule has 0 aliphatic carbocycles. The van der Waals surface area contributed by atoms with Crippen molar-refractivity contribution in [2.24, 2.45) is 0 Å². The van der Waals surface area contributed by atoms with Gasteiger partial charge in [0, 0.05) is 17.3 Å². The van der Waals surface area contributed by atoms with E-state index in [2.05, 4.69) is 10.1 Å². The number of esters is 1. The zero-order chi connectivity index (χ0) is 26.7. The highest BCUT2D eigenvalue weighted by molar-refractivity contribution is 8.18. The monoisotopic (exact) mass is 540 g/mol.